The van der Waals surface area contributed by atoms with Crippen LogP contribution in [-0.4, -0.2) is 46.6 Å². The lowest BCUT2D eigenvalue weighted by Gasteiger charge is -2.57. The fraction of sp³-hybridized carbons (Fsp3) is 0.562. The van der Waals surface area contributed by atoms with E-state index in [4.69, 9.17) is 4.74 Å². The summed E-state index contributed by atoms with van der Waals surface area (Å²) >= 11 is 0. The van der Waals surface area contributed by atoms with E-state index < -0.39 is 16.4 Å². The highest BCUT2D eigenvalue weighted by atomic mass is 16.6. The van der Waals surface area contributed by atoms with Gasteiger partial charge in [-0.1, -0.05) is 13.8 Å². The van der Waals surface area contributed by atoms with E-state index in [-0.39, 0.29) is 29.0 Å². The Bertz CT molecular complexity index is 672. The van der Waals surface area contributed by atoms with Crippen LogP contribution in [0.2, 0.25) is 0 Å². The number of fused-ring (bicyclic) bond motifs is 1. The number of phenols is 1. The molecule has 2 aliphatic rings. The zero-order valence-electron chi connectivity index (χ0n) is 13.4. The molecule has 0 spiro atoms. The number of carbonyl (C=O) groups excluding carboxylic acids is 1. The molecule has 3 atom stereocenters. The first-order chi connectivity index (χ1) is 10.7. The summed E-state index contributed by atoms with van der Waals surface area (Å²) in [4.78, 5) is 24.6. The maximum atomic E-state index is 12.7. The Labute approximate surface area is 134 Å². The van der Waals surface area contributed by atoms with E-state index in [9.17, 15) is 20.0 Å². The summed E-state index contributed by atoms with van der Waals surface area (Å²) < 4.78 is 5.74. The summed E-state index contributed by atoms with van der Waals surface area (Å²) in [6.07, 6.45) is 1.09. The Morgan fingerprint density at radius 2 is 2.17 bits per heavy atom. The quantitative estimate of drug-likeness (QED) is 0.680. The summed E-state index contributed by atoms with van der Waals surface area (Å²) in [5.74, 6) is -0.412. The zero-order chi connectivity index (χ0) is 16.9. The van der Waals surface area contributed by atoms with Gasteiger partial charge < -0.3 is 14.7 Å². The van der Waals surface area contributed by atoms with E-state index in [1.165, 1.54) is 12.1 Å². The molecule has 1 aromatic carbocycles. The SMILES string of the molecule is CN(C(=O)c1ccc(O)c([N+](=O)[O-])c1)[C@@H]1[C@H]2CCO[C@@H]2C1(C)C. The van der Waals surface area contributed by atoms with Crippen LogP contribution in [-0.2, 0) is 4.74 Å². The maximum Gasteiger partial charge on any atom is 0.311 e. The summed E-state index contributed by atoms with van der Waals surface area (Å²) in [7, 11) is 1.72. The monoisotopic (exact) mass is 320 g/mol. The second-order valence-electron chi connectivity index (χ2n) is 6.89. The molecule has 0 bridgehead atoms. The van der Waals surface area contributed by atoms with E-state index in [2.05, 4.69) is 13.8 Å². The van der Waals surface area contributed by atoms with Crippen LogP contribution >= 0.6 is 0 Å². The van der Waals surface area contributed by atoms with Gasteiger partial charge in [-0.25, -0.2) is 0 Å². The van der Waals surface area contributed by atoms with Gasteiger partial charge in [0.05, 0.1) is 11.0 Å². The number of nitro benzene ring substituents is 1. The van der Waals surface area contributed by atoms with Gasteiger partial charge >= 0.3 is 5.69 Å². The van der Waals surface area contributed by atoms with Crippen LogP contribution in [0.3, 0.4) is 0 Å². The third-order valence-electron chi connectivity index (χ3n) is 5.20. The molecule has 1 N–H and O–H groups in total. The molecule has 3 rings (SSSR count). The molecule has 1 amide bonds. The number of benzene rings is 1. The number of nitrogens with zero attached hydrogens (tertiary/aromatic N) is 2. The van der Waals surface area contributed by atoms with Gasteiger partial charge in [-0.2, -0.15) is 0 Å². The van der Waals surface area contributed by atoms with Gasteiger partial charge in [0.1, 0.15) is 0 Å². The number of rotatable bonds is 3. The smallest absolute Gasteiger partial charge is 0.311 e. The summed E-state index contributed by atoms with van der Waals surface area (Å²) in [5, 5.41) is 20.4. The molecular formula is C16H20N2O5. The average Bonchev–Trinajstić information content (AvgIpc) is 2.92. The van der Waals surface area contributed by atoms with Gasteiger partial charge in [0, 0.05) is 42.7 Å². The van der Waals surface area contributed by atoms with Crippen LogP contribution in [0.1, 0.15) is 30.6 Å². The van der Waals surface area contributed by atoms with Crippen LogP contribution in [0.5, 0.6) is 5.75 Å². The first kappa shape index (κ1) is 15.7. The van der Waals surface area contributed by atoms with E-state index >= 15 is 0 Å². The highest BCUT2D eigenvalue weighted by Crippen LogP contribution is 2.54. The molecule has 0 radical (unpaired) electrons. The van der Waals surface area contributed by atoms with Gasteiger partial charge in [-0.15, -0.1) is 0 Å². The molecule has 1 aliphatic heterocycles. The van der Waals surface area contributed by atoms with E-state index in [0.717, 1.165) is 12.5 Å². The molecule has 1 aliphatic carbocycles. The summed E-state index contributed by atoms with van der Waals surface area (Å²) in [6.45, 7) is 4.86. The van der Waals surface area contributed by atoms with Crippen molar-refractivity contribution in [3.8, 4) is 5.75 Å². The molecule has 124 valence electrons. The molecule has 1 heterocycles. The first-order valence-corrected chi connectivity index (χ1v) is 7.61. The van der Waals surface area contributed by atoms with Crippen LogP contribution in [0.15, 0.2) is 18.2 Å². The number of nitro groups is 1. The number of amides is 1. The second-order valence-corrected chi connectivity index (χ2v) is 6.89. The van der Waals surface area contributed by atoms with Gasteiger partial charge in [0.2, 0.25) is 0 Å². The minimum Gasteiger partial charge on any atom is -0.502 e. The molecule has 7 nitrogen and oxygen atoms in total. The van der Waals surface area contributed by atoms with E-state index in [1.54, 1.807) is 11.9 Å². The molecule has 7 heteroatoms. The van der Waals surface area contributed by atoms with Crippen molar-refractivity contribution in [2.45, 2.75) is 32.4 Å². The molecule has 1 saturated carbocycles. The third kappa shape index (κ3) is 2.26. The number of hydrogen-bond donors (Lipinski definition) is 1. The maximum absolute atomic E-state index is 12.7. The van der Waals surface area contributed by atoms with Crippen molar-refractivity contribution < 1.29 is 19.6 Å². The molecule has 0 aromatic heterocycles. The van der Waals surface area contributed by atoms with Crippen molar-refractivity contribution in [2.24, 2.45) is 11.3 Å². The zero-order valence-corrected chi connectivity index (χ0v) is 13.4. The van der Waals surface area contributed by atoms with Gasteiger partial charge in [-0.05, 0) is 18.6 Å². The number of aromatic hydroxyl groups is 1. The lowest BCUT2D eigenvalue weighted by Crippen LogP contribution is -2.66. The average molecular weight is 320 g/mol. The van der Waals surface area contributed by atoms with E-state index in [0.29, 0.717) is 12.5 Å². The lowest BCUT2D eigenvalue weighted by atomic mass is 9.56. The summed E-state index contributed by atoms with van der Waals surface area (Å²) in [6, 6.07) is 3.76. The number of hydrogen-bond acceptors (Lipinski definition) is 5. The van der Waals surface area contributed by atoms with Crippen molar-refractivity contribution in [2.75, 3.05) is 13.7 Å². The Kier molecular flexibility index (Phi) is 3.55. The standard InChI is InChI=1S/C16H20N2O5/c1-16(2)13(10-6-7-23-14(10)16)17(3)15(20)9-4-5-12(19)11(8-9)18(21)22/h4-5,8,10,13-14,19H,6-7H2,1-3H3/t10-,13-,14+/m1/s1. The predicted octanol–water partition coefficient (Wildman–Crippen LogP) is 2.19. The Balaban J connectivity index is 1.86. The minimum atomic E-state index is -0.694. The number of ether oxygens (including phenoxy) is 1. The van der Waals surface area contributed by atoms with Crippen molar-refractivity contribution in [3.05, 3.63) is 33.9 Å². The third-order valence-corrected chi connectivity index (χ3v) is 5.20. The van der Waals surface area contributed by atoms with Crippen LogP contribution in [0.25, 0.3) is 0 Å². The topological polar surface area (TPSA) is 92.9 Å². The van der Waals surface area contributed by atoms with Crippen LogP contribution in [0.4, 0.5) is 5.69 Å². The highest BCUT2D eigenvalue weighted by molar-refractivity contribution is 5.95. The largest absolute Gasteiger partial charge is 0.502 e. The molecular weight excluding hydrogens is 300 g/mol. The van der Waals surface area contributed by atoms with Crippen LogP contribution < -0.4 is 0 Å². The van der Waals surface area contributed by atoms with Gasteiger partial charge in [0.15, 0.2) is 5.75 Å². The van der Waals surface area contributed by atoms with Crippen molar-refractivity contribution in [3.63, 3.8) is 0 Å². The van der Waals surface area contributed by atoms with Crippen LogP contribution in [0, 0.1) is 21.4 Å². The fourth-order valence-electron chi connectivity index (χ4n) is 4.22. The van der Waals surface area contributed by atoms with Crippen molar-refractivity contribution in [1.82, 2.24) is 4.90 Å². The predicted molar refractivity (Wildman–Crippen MR) is 82.3 cm³/mol. The Morgan fingerprint density at radius 3 is 2.83 bits per heavy atom. The van der Waals surface area contributed by atoms with Gasteiger partial charge in [-0.3, -0.25) is 14.9 Å². The number of carbonyl (C=O) groups is 1. The molecule has 1 saturated heterocycles. The molecule has 2 fully saturated rings. The van der Waals surface area contributed by atoms with Crippen molar-refractivity contribution in [1.29, 1.82) is 0 Å². The molecule has 1 aromatic rings. The fourth-order valence-corrected chi connectivity index (χ4v) is 4.22. The molecule has 23 heavy (non-hydrogen) atoms. The minimum absolute atomic E-state index is 0.0374. The Morgan fingerprint density at radius 1 is 1.48 bits per heavy atom. The normalized spacial score (nSPS) is 27.9. The molecule has 0 unspecified atom stereocenters. The van der Waals surface area contributed by atoms with Crippen molar-refractivity contribution >= 4 is 11.6 Å². The Hall–Kier alpha value is -2.15. The lowest BCUT2D eigenvalue weighted by molar-refractivity contribution is -0.385. The second kappa shape index (κ2) is 5.19. The summed E-state index contributed by atoms with van der Waals surface area (Å²) in [5.41, 5.74) is -0.400. The van der Waals surface area contributed by atoms with E-state index in [1.807, 2.05) is 0 Å². The number of phenolic OH excluding ortho intramolecular Hbond substituents is 1. The highest BCUT2D eigenvalue weighted by Gasteiger charge is 2.61. The first-order valence-electron chi connectivity index (χ1n) is 7.61. The van der Waals surface area contributed by atoms with Gasteiger partial charge in [0.25, 0.3) is 5.91 Å².